The van der Waals surface area contributed by atoms with Crippen molar-refractivity contribution in [3.05, 3.63) is 45.9 Å². The zero-order valence-corrected chi connectivity index (χ0v) is 11.4. The number of halogens is 2. The fourth-order valence-corrected chi connectivity index (χ4v) is 1.91. The van der Waals surface area contributed by atoms with E-state index in [1.165, 1.54) is 18.5 Å². The number of hydrogen-bond acceptors (Lipinski definition) is 3. The molecule has 0 spiro atoms. The van der Waals surface area contributed by atoms with E-state index in [9.17, 15) is 4.39 Å². The van der Waals surface area contributed by atoms with E-state index in [1.54, 1.807) is 6.07 Å². The third-order valence-corrected chi connectivity index (χ3v) is 2.95. The van der Waals surface area contributed by atoms with E-state index in [4.69, 9.17) is 11.6 Å². The SMILES string of the molecule is CC=c1ncnc(Nc2ccc(F)c(Cl)c2)c1=CC. The lowest BCUT2D eigenvalue weighted by molar-refractivity contribution is 0.628. The molecule has 0 saturated heterocycles. The molecule has 19 heavy (non-hydrogen) atoms. The molecule has 0 saturated carbocycles. The molecular formula is C14H13ClFN3. The van der Waals surface area contributed by atoms with Crippen LogP contribution in [0.4, 0.5) is 15.9 Å². The standard InChI is InChI=1S/C14H13ClFN3/c1-3-10-13(4-2)17-8-18-14(10)19-9-5-6-12(16)11(15)7-9/h3-8H,1-2H3,(H,17,18,19). The van der Waals surface area contributed by atoms with E-state index < -0.39 is 5.82 Å². The predicted octanol–water partition coefficient (Wildman–Crippen LogP) is 2.61. The van der Waals surface area contributed by atoms with Crippen molar-refractivity contribution < 1.29 is 4.39 Å². The predicted molar refractivity (Wildman–Crippen MR) is 76.3 cm³/mol. The minimum atomic E-state index is -0.445. The topological polar surface area (TPSA) is 37.8 Å². The van der Waals surface area contributed by atoms with Crippen LogP contribution in [0.5, 0.6) is 0 Å². The lowest BCUT2D eigenvalue weighted by atomic mass is 10.3. The monoisotopic (exact) mass is 277 g/mol. The Bertz CT molecular complexity index is 713. The number of benzene rings is 1. The van der Waals surface area contributed by atoms with Gasteiger partial charge in [-0.05, 0) is 32.0 Å². The molecule has 0 amide bonds. The quantitative estimate of drug-likeness (QED) is 0.917. The van der Waals surface area contributed by atoms with E-state index >= 15 is 0 Å². The van der Waals surface area contributed by atoms with Crippen LogP contribution in [0.3, 0.4) is 0 Å². The minimum absolute atomic E-state index is 0.0726. The summed E-state index contributed by atoms with van der Waals surface area (Å²) in [5.41, 5.74) is 0.676. The average molecular weight is 278 g/mol. The van der Waals surface area contributed by atoms with Crippen LogP contribution in [0.25, 0.3) is 12.2 Å². The molecule has 0 aliphatic rings. The lowest BCUT2D eigenvalue weighted by Gasteiger charge is -2.07. The van der Waals surface area contributed by atoms with E-state index in [-0.39, 0.29) is 5.02 Å². The summed E-state index contributed by atoms with van der Waals surface area (Å²) in [6, 6.07) is 4.44. The zero-order valence-electron chi connectivity index (χ0n) is 10.6. The Balaban J connectivity index is 2.47. The largest absolute Gasteiger partial charge is 0.340 e. The summed E-state index contributed by atoms with van der Waals surface area (Å²) in [6.07, 6.45) is 5.30. The van der Waals surface area contributed by atoms with Gasteiger partial charge in [0.1, 0.15) is 18.0 Å². The Morgan fingerprint density at radius 3 is 2.63 bits per heavy atom. The zero-order chi connectivity index (χ0) is 13.8. The highest BCUT2D eigenvalue weighted by Crippen LogP contribution is 2.20. The fourth-order valence-electron chi connectivity index (χ4n) is 1.73. The molecule has 1 aromatic heterocycles. The van der Waals surface area contributed by atoms with Gasteiger partial charge in [-0.25, -0.2) is 14.4 Å². The lowest BCUT2D eigenvalue weighted by Crippen LogP contribution is -2.31. The van der Waals surface area contributed by atoms with Crippen molar-refractivity contribution >= 4 is 35.3 Å². The Labute approximate surface area is 115 Å². The van der Waals surface area contributed by atoms with Crippen LogP contribution in [-0.2, 0) is 0 Å². The van der Waals surface area contributed by atoms with Gasteiger partial charge in [0.2, 0.25) is 0 Å². The van der Waals surface area contributed by atoms with Gasteiger partial charge in [-0.1, -0.05) is 23.8 Å². The van der Waals surface area contributed by atoms with Gasteiger partial charge in [0.25, 0.3) is 0 Å². The first-order valence-electron chi connectivity index (χ1n) is 5.81. The second-order valence-electron chi connectivity index (χ2n) is 3.85. The molecule has 2 rings (SSSR count). The highest BCUT2D eigenvalue weighted by atomic mass is 35.5. The average Bonchev–Trinajstić information content (AvgIpc) is 2.42. The first kappa shape index (κ1) is 13.5. The smallest absolute Gasteiger partial charge is 0.141 e. The molecule has 0 fully saturated rings. The molecule has 1 N–H and O–H groups in total. The summed E-state index contributed by atoms with van der Waals surface area (Å²) >= 11 is 5.75. The summed E-state index contributed by atoms with van der Waals surface area (Å²) in [7, 11) is 0. The number of anilines is 2. The molecule has 2 aromatic rings. The van der Waals surface area contributed by atoms with E-state index in [1.807, 2.05) is 26.0 Å². The van der Waals surface area contributed by atoms with Gasteiger partial charge in [0, 0.05) is 10.9 Å². The molecule has 0 radical (unpaired) electrons. The molecule has 1 aromatic carbocycles. The van der Waals surface area contributed by atoms with Crippen LogP contribution < -0.4 is 15.9 Å². The number of rotatable bonds is 2. The van der Waals surface area contributed by atoms with Crippen LogP contribution in [-0.4, -0.2) is 9.97 Å². The molecule has 0 aliphatic heterocycles. The van der Waals surface area contributed by atoms with Gasteiger partial charge >= 0.3 is 0 Å². The summed E-state index contributed by atoms with van der Waals surface area (Å²) in [5.74, 6) is 0.216. The summed E-state index contributed by atoms with van der Waals surface area (Å²) in [5, 5.41) is 4.92. The Morgan fingerprint density at radius 2 is 2.00 bits per heavy atom. The second kappa shape index (κ2) is 5.80. The molecule has 1 heterocycles. The third kappa shape index (κ3) is 2.90. The van der Waals surface area contributed by atoms with Crippen molar-refractivity contribution in [3.63, 3.8) is 0 Å². The number of nitrogens with zero attached hydrogens (tertiary/aromatic N) is 2. The van der Waals surface area contributed by atoms with Crippen LogP contribution >= 0.6 is 11.6 Å². The molecule has 0 atom stereocenters. The van der Waals surface area contributed by atoms with Gasteiger partial charge in [-0.2, -0.15) is 0 Å². The van der Waals surface area contributed by atoms with Gasteiger partial charge in [0.05, 0.1) is 10.4 Å². The Hall–Kier alpha value is -1.94. The van der Waals surface area contributed by atoms with Crippen LogP contribution in [0, 0.1) is 5.82 Å². The third-order valence-electron chi connectivity index (χ3n) is 2.66. The summed E-state index contributed by atoms with van der Waals surface area (Å²) < 4.78 is 13.1. The molecule has 0 unspecified atom stereocenters. The van der Waals surface area contributed by atoms with Gasteiger partial charge in [-0.15, -0.1) is 0 Å². The Morgan fingerprint density at radius 1 is 1.21 bits per heavy atom. The Kier molecular flexibility index (Phi) is 4.12. The van der Waals surface area contributed by atoms with Crippen molar-refractivity contribution in [1.29, 1.82) is 0 Å². The molecular weight excluding hydrogens is 265 g/mol. The molecule has 0 bridgehead atoms. The van der Waals surface area contributed by atoms with Crippen LogP contribution in [0.15, 0.2) is 24.5 Å². The second-order valence-corrected chi connectivity index (χ2v) is 4.26. The minimum Gasteiger partial charge on any atom is -0.340 e. The highest BCUT2D eigenvalue weighted by molar-refractivity contribution is 6.31. The van der Waals surface area contributed by atoms with Crippen molar-refractivity contribution in [2.45, 2.75) is 13.8 Å². The van der Waals surface area contributed by atoms with Crippen molar-refractivity contribution in [2.24, 2.45) is 0 Å². The van der Waals surface area contributed by atoms with Gasteiger partial charge < -0.3 is 5.32 Å². The summed E-state index contributed by atoms with van der Waals surface area (Å²) in [4.78, 5) is 8.37. The van der Waals surface area contributed by atoms with Crippen LogP contribution in [0.2, 0.25) is 5.02 Å². The first-order valence-corrected chi connectivity index (χ1v) is 6.19. The van der Waals surface area contributed by atoms with E-state index in [0.717, 1.165) is 10.6 Å². The number of hydrogen-bond donors (Lipinski definition) is 1. The molecule has 5 heteroatoms. The maximum atomic E-state index is 13.1. The molecule has 3 nitrogen and oxygen atoms in total. The highest BCUT2D eigenvalue weighted by Gasteiger charge is 2.03. The molecule has 98 valence electrons. The maximum absolute atomic E-state index is 13.1. The number of nitrogens with one attached hydrogen (secondary N) is 1. The van der Waals surface area contributed by atoms with Crippen molar-refractivity contribution in [3.8, 4) is 0 Å². The summed E-state index contributed by atoms with van der Waals surface area (Å²) in [6.45, 7) is 3.82. The van der Waals surface area contributed by atoms with Gasteiger partial charge in [-0.3, -0.25) is 0 Å². The normalized spacial score (nSPS) is 12.8. The van der Waals surface area contributed by atoms with Gasteiger partial charge in [0.15, 0.2) is 0 Å². The number of aromatic nitrogens is 2. The van der Waals surface area contributed by atoms with Crippen molar-refractivity contribution in [1.82, 2.24) is 9.97 Å². The van der Waals surface area contributed by atoms with Crippen LogP contribution in [0.1, 0.15) is 13.8 Å². The van der Waals surface area contributed by atoms with E-state index in [0.29, 0.717) is 11.5 Å². The maximum Gasteiger partial charge on any atom is 0.141 e. The van der Waals surface area contributed by atoms with E-state index in [2.05, 4.69) is 15.3 Å². The first-order chi connectivity index (χ1) is 9.15. The fraction of sp³-hybridized carbons (Fsp3) is 0.143. The van der Waals surface area contributed by atoms with Crippen molar-refractivity contribution in [2.75, 3.05) is 5.32 Å². The molecule has 0 aliphatic carbocycles.